The molecule has 0 spiro atoms. The molecule has 2 N–H and O–H groups in total. The molecule has 2 aromatic rings. The Bertz CT molecular complexity index is 791. The molecule has 1 atom stereocenters. The fourth-order valence-electron chi connectivity index (χ4n) is 2.27. The van der Waals surface area contributed by atoms with Crippen LogP contribution in [0.25, 0.3) is 0 Å². The lowest BCUT2D eigenvalue weighted by atomic mass is 10.1. The summed E-state index contributed by atoms with van der Waals surface area (Å²) in [6.45, 7) is 0. The molecule has 0 aromatic heterocycles. The molecule has 1 amide bonds. The van der Waals surface area contributed by atoms with E-state index in [0.29, 0.717) is 0 Å². The van der Waals surface area contributed by atoms with Gasteiger partial charge in [0.25, 0.3) is 5.91 Å². The van der Waals surface area contributed by atoms with E-state index in [1.807, 2.05) is 0 Å². The third-order valence-electron chi connectivity index (χ3n) is 3.52. The summed E-state index contributed by atoms with van der Waals surface area (Å²) in [5, 5.41) is 22.7. The topological polar surface area (TPSA) is 119 Å². The number of carbonyl (C=O) groups excluding carboxylic acids is 1. The predicted octanol–water partition coefficient (Wildman–Crippen LogP) is 2.03. The number of aliphatic carboxylic acids is 1. The van der Waals surface area contributed by atoms with Gasteiger partial charge in [-0.15, -0.1) is 0 Å². The first-order valence-electron chi connectivity index (χ1n) is 7.32. The summed E-state index contributed by atoms with van der Waals surface area (Å²) in [5.74, 6) is -1.89. The third kappa shape index (κ3) is 4.54. The van der Waals surface area contributed by atoms with E-state index in [2.05, 4.69) is 5.32 Å². The van der Waals surface area contributed by atoms with Crippen LogP contribution in [0.4, 0.5) is 5.69 Å². The Morgan fingerprint density at radius 3 is 2.48 bits per heavy atom. The molecule has 8 nitrogen and oxygen atoms in total. The number of hydrogen-bond donors (Lipinski definition) is 2. The smallest absolute Gasteiger partial charge is 0.326 e. The average molecular weight is 344 g/mol. The van der Waals surface area contributed by atoms with Crippen molar-refractivity contribution in [3.05, 3.63) is 69.8 Å². The van der Waals surface area contributed by atoms with E-state index in [1.165, 1.54) is 19.2 Å². The Hall–Kier alpha value is -3.42. The lowest BCUT2D eigenvalue weighted by molar-refractivity contribution is -0.385. The van der Waals surface area contributed by atoms with Gasteiger partial charge in [0.1, 0.15) is 6.04 Å². The first kappa shape index (κ1) is 17.9. The second kappa shape index (κ2) is 7.91. The first-order chi connectivity index (χ1) is 11.9. The molecule has 25 heavy (non-hydrogen) atoms. The quantitative estimate of drug-likeness (QED) is 0.586. The molecular formula is C17H16N2O6. The molecule has 2 aromatic carbocycles. The SMILES string of the molecule is COc1ccc(C(=O)N[C@@H](Cc2ccccc2)C(=O)O)cc1[N+](=O)[O-]. The van der Waals surface area contributed by atoms with Gasteiger partial charge >= 0.3 is 11.7 Å². The van der Waals surface area contributed by atoms with Gasteiger partial charge in [0.15, 0.2) is 5.75 Å². The number of rotatable bonds is 7. The zero-order valence-corrected chi connectivity index (χ0v) is 13.3. The summed E-state index contributed by atoms with van der Waals surface area (Å²) < 4.78 is 4.87. The van der Waals surface area contributed by atoms with Crippen molar-refractivity contribution in [1.29, 1.82) is 0 Å². The van der Waals surface area contributed by atoms with Crippen molar-refractivity contribution in [2.45, 2.75) is 12.5 Å². The van der Waals surface area contributed by atoms with Crippen molar-refractivity contribution in [2.24, 2.45) is 0 Å². The molecule has 0 aliphatic carbocycles. The Balaban J connectivity index is 2.20. The molecule has 0 radical (unpaired) electrons. The Labute approximate surface area is 143 Å². The van der Waals surface area contributed by atoms with Crippen molar-refractivity contribution < 1.29 is 24.4 Å². The summed E-state index contributed by atoms with van der Waals surface area (Å²) in [7, 11) is 1.28. The molecular weight excluding hydrogens is 328 g/mol. The first-order valence-corrected chi connectivity index (χ1v) is 7.32. The average Bonchev–Trinajstić information content (AvgIpc) is 2.61. The maximum atomic E-state index is 12.3. The summed E-state index contributed by atoms with van der Waals surface area (Å²) in [4.78, 5) is 34.0. The minimum Gasteiger partial charge on any atom is -0.490 e. The molecule has 0 aliphatic heterocycles. The van der Waals surface area contributed by atoms with Crippen LogP contribution in [-0.4, -0.2) is 35.1 Å². The zero-order valence-electron chi connectivity index (χ0n) is 13.3. The summed E-state index contributed by atoms with van der Waals surface area (Å²) in [6.07, 6.45) is 0.0974. The van der Waals surface area contributed by atoms with E-state index in [4.69, 9.17) is 4.74 Å². The van der Waals surface area contributed by atoms with E-state index in [1.54, 1.807) is 30.3 Å². The van der Waals surface area contributed by atoms with Crippen LogP contribution >= 0.6 is 0 Å². The van der Waals surface area contributed by atoms with E-state index >= 15 is 0 Å². The highest BCUT2D eigenvalue weighted by Crippen LogP contribution is 2.27. The number of ether oxygens (including phenoxy) is 1. The number of nitro groups is 1. The minimum atomic E-state index is -1.19. The largest absolute Gasteiger partial charge is 0.490 e. The van der Waals surface area contributed by atoms with Crippen LogP contribution in [0, 0.1) is 10.1 Å². The maximum Gasteiger partial charge on any atom is 0.326 e. The molecule has 0 bridgehead atoms. The number of nitro benzene ring substituents is 1. The number of nitrogens with zero attached hydrogens (tertiary/aromatic N) is 1. The fraction of sp³-hybridized carbons (Fsp3) is 0.176. The van der Waals surface area contributed by atoms with Gasteiger partial charge < -0.3 is 15.2 Å². The van der Waals surface area contributed by atoms with Gasteiger partial charge in [-0.2, -0.15) is 0 Å². The van der Waals surface area contributed by atoms with E-state index in [9.17, 15) is 24.8 Å². The number of carboxylic acids is 1. The van der Waals surface area contributed by atoms with Crippen molar-refractivity contribution in [1.82, 2.24) is 5.32 Å². The number of carboxylic acid groups (broad SMARTS) is 1. The number of nitrogens with one attached hydrogen (secondary N) is 1. The van der Waals surface area contributed by atoms with Crippen molar-refractivity contribution in [2.75, 3.05) is 7.11 Å². The highest BCUT2D eigenvalue weighted by molar-refractivity contribution is 5.97. The zero-order chi connectivity index (χ0) is 18.4. The summed E-state index contributed by atoms with van der Waals surface area (Å²) >= 11 is 0. The Morgan fingerprint density at radius 1 is 1.24 bits per heavy atom. The van der Waals surface area contributed by atoms with Crippen LogP contribution in [-0.2, 0) is 11.2 Å². The fourth-order valence-corrected chi connectivity index (χ4v) is 2.27. The van der Waals surface area contributed by atoms with Gasteiger partial charge in [0.05, 0.1) is 12.0 Å². The third-order valence-corrected chi connectivity index (χ3v) is 3.52. The molecule has 130 valence electrons. The monoisotopic (exact) mass is 344 g/mol. The highest BCUT2D eigenvalue weighted by atomic mass is 16.6. The van der Waals surface area contributed by atoms with Gasteiger partial charge in [-0.25, -0.2) is 4.79 Å². The summed E-state index contributed by atoms with van der Waals surface area (Å²) in [6, 6.07) is 11.4. The lowest BCUT2D eigenvalue weighted by Gasteiger charge is -2.15. The van der Waals surface area contributed by atoms with Crippen molar-refractivity contribution in [3.8, 4) is 5.75 Å². The van der Waals surface area contributed by atoms with Gasteiger partial charge in [-0.1, -0.05) is 30.3 Å². The van der Waals surface area contributed by atoms with Crippen LogP contribution < -0.4 is 10.1 Å². The van der Waals surface area contributed by atoms with Gasteiger partial charge in [0, 0.05) is 18.1 Å². The number of benzene rings is 2. The second-order valence-corrected chi connectivity index (χ2v) is 5.20. The Kier molecular flexibility index (Phi) is 5.67. The molecule has 8 heteroatoms. The molecule has 0 saturated carbocycles. The second-order valence-electron chi connectivity index (χ2n) is 5.20. The van der Waals surface area contributed by atoms with Crippen LogP contribution in [0.5, 0.6) is 5.75 Å². The molecule has 0 saturated heterocycles. The van der Waals surface area contributed by atoms with E-state index in [-0.39, 0.29) is 23.4 Å². The molecule has 0 unspecified atom stereocenters. The van der Waals surface area contributed by atoms with Crippen LogP contribution in [0.2, 0.25) is 0 Å². The van der Waals surface area contributed by atoms with Crippen LogP contribution in [0.1, 0.15) is 15.9 Å². The molecule has 0 fully saturated rings. The molecule has 0 heterocycles. The van der Waals surface area contributed by atoms with Gasteiger partial charge in [-0.3, -0.25) is 14.9 Å². The molecule has 2 rings (SSSR count). The normalized spacial score (nSPS) is 11.4. The highest BCUT2D eigenvalue weighted by Gasteiger charge is 2.23. The standard InChI is InChI=1S/C17H16N2O6/c1-25-15-8-7-12(10-14(15)19(23)24)16(20)18-13(17(21)22)9-11-5-3-2-4-6-11/h2-8,10,13H,9H2,1H3,(H,18,20)(H,21,22)/t13-/m0/s1. The maximum absolute atomic E-state index is 12.3. The van der Waals surface area contributed by atoms with Crippen LogP contribution in [0.15, 0.2) is 48.5 Å². The van der Waals surface area contributed by atoms with Crippen molar-refractivity contribution >= 4 is 17.6 Å². The van der Waals surface area contributed by atoms with Crippen LogP contribution in [0.3, 0.4) is 0 Å². The van der Waals surface area contributed by atoms with Gasteiger partial charge in [-0.05, 0) is 17.7 Å². The van der Waals surface area contributed by atoms with Gasteiger partial charge in [0.2, 0.25) is 0 Å². The molecule has 0 aliphatic rings. The lowest BCUT2D eigenvalue weighted by Crippen LogP contribution is -2.42. The number of hydrogen-bond acceptors (Lipinski definition) is 5. The van der Waals surface area contributed by atoms with Crippen molar-refractivity contribution in [3.63, 3.8) is 0 Å². The van der Waals surface area contributed by atoms with E-state index in [0.717, 1.165) is 11.6 Å². The number of methoxy groups -OCH3 is 1. The Morgan fingerprint density at radius 2 is 1.92 bits per heavy atom. The predicted molar refractivity (Wildman–Crippen MR) is 88.7 cm³/mol. The minimum absolute atomic E-state index is 0.0145. The number of amides is 1. The summed E-state index contributed by atoms with van der Waals surface area (Å²) in [5.41, 5.74) is 0.354. The number of carbonyl (C=O) groups is 2. The van der Waals surface area contributed by atoms with E-state index < -0.39 is 22.8 Å².